The van der Waals surface area contributed by atoms with Gasteiger partial charge in [-0.3, -0.25) is 19.3 Å². The minimum atomic E-state index is -0.191. The van der Waals surface area contributed by atoms with Gasteiger partial charge in [0.1, 0.15) is 0 Å². The highest BCUT2D eigenvalue weighted by molar-refractivity contribution is 6.22. The van der Waals surface area contributed by atoms with Gasteiger partial charge in [0.2, 0.25) is 11.8 Å². The highest BCUT2D eigenvalue weighted by Crippen LogP contribution is 2.53. The van der Waals surface area contributed by atoms with E-state index in [0.717, 1.165) is 32.4 Å². The van der Waals surface area contributed by atoms with Crippen LogP contribution in [0.3, 0.4) is 0 Å². The Hall–Kier alpha value is -2.43. The van der Waals surface area contributed by atoms with E-state index in [1.165, 1.54) is 4.90 Å². The van der Waals surface area contributed by atoms with Crippen LogP contribution in [0.1, 0.15) is 36.5 Å². The number of allylic oxidation sites excluding steroid dienone is 2. The summed E-state index contributed by atoms with van der Waals surface area (Å²) >= 11 is 0. The zero-order valence-electron chi connectivity index (χ0n) is 15.5. The number of hydrogen-bond donors (Lipinski definition) is 0. The van der Waals surface area contributed by atoms with Gasteiger partial charge in [0.25, 0.3) is 5.91 Å². The molecule has 2 aliphatic carbocycles. The van der Waals surface area contributed by atoms with Crippen LogP contribution in [0.2, 0.25) is 0 Å². The molecule has 2 saturated heterocycles. The van der Waals surface area contributed by atoms with Gasteiger partial charge in [-0.1, -0.05) is 19.1 Å². The third kappa shape index (κ3) is 2.47. The Morgan fingerprint density at radius 1 is 0.926 bits per heavy atom. The molecule has 1 aromatic rings. The summed E-state index contributed by atoms with van der Waals surface area (Å²) in [6.45, 7) is 3.81. The molecule has 1 saturated carbocycles. The summed E-state index contributed by atoms with van der Waals surface area (Å²) in [5.41, 5.74) is 1.21. The van der Waals surface area contributed by atoms with Crippen LogP contribution in [-0.4, -0.2) is 35.7 Å². The van der Waals surface area contributed by atoms with Crippen LogP contribution in [-0.2, 0) is 9.59 Å². The van der Waals surface area contributed by atoms with Crippen molar-refractivity contribution in [2.24, 2.45) is 29.6 Å². The van der Waals surface area contributed by atoms with Crippen LogP contribution in [0.5, 0.6) is 0 Å². The molecule has 0 spiro atoms. The summed E-state index contributed by atoms with van der Waals surface area (Å²) in [5, 5.41) is 0. The fourth-order valence-electron chi connectivity index (χ4n) is 5.30. The molecule has 5 heteroatoms. The molecule has 27 heavy (non-hydrogen) atoms. The molecule has 5 nitrogen and oxygen atoms in total. The zero-order chi connectivity index (χ0) is 18.7. The number of imide groups is 1. The third-order valence-electron chi connectivity index (χ3n) is 6.91. The predicted molar refractivity (Wildman–Crippen MR) is 101 cm³/mol. The van der Waals surface area contributed by atoms with Crippen LogP contribution in [0.15, 0.2) is 36.4 Å². The van der Waals surface area contributed by atoms with Gasteiger partial charge in [0, 0.05) is 18.7 Å². The van der Waals surface area contributed by atoms with E-state index in [0.29, 0.717) is 17.2 Å². The number of amides is 3. The first kappa shape index (κ1) is 16.7. The molecule has 0 unspecified atom stereocenters. The molecular weight excluding hydrogens is 340 g/mol. The van der Waals surface area contributed by atoms with E-state index in [1.807, 2.05) is 4.90 Å². The number of hydrogen-bond acceptors (Lipinski definition) is 3. The average molecular weight is 364 g/mol. The van der Waals surface area contributed by atoms with E-state index in [-0.39, 0.29) is 41.4 Å². The number of piperidine rings is 1. The first-order chi connectivity index (χ1) is 13.0. The van der Waals surface area contributed by atoms with E-state index in [4.69, 9.17) is 0 Å². The van der Waals surface area contributed by atoms with Crippen molar-refractivity contribution in [3.63, 3.8) is 0 Å². The average Bonchev–Trinajstić information content (AvgIpc) is 3.36. The van der Waals surface area contributed by atoms with Crippen LogP contribution in [0, 0.1) is 29.6 Å². The second-order valence-corrected chi connectivity index (χ2v) is 8.53. The Morgan fingerprint density at radius 3 is 2.04 bits per heavy atom. The normalized spacial score (nSPS) is 32.5. The number of rotatable bonds is 2. The lowest BCUT2D eigenvalue weighted by Gasteiger charge is -2.30. The van der Waals surface area contributed by atoms with E-state index in [1.54, 1.807) is 24.3 Å². The van der Waals surface area contributed by atoms with Gasteiger partial charge in [-0.2, -0.15) is 0 Å². The van der Waals surface area contributed by atoms with Crippen molar-refractivity contribution in [1.82, 2.24) is 4.90 Å². The molecule has 4 aliphatic rings. The molecule has 4 atom stereocenters. The van der Waals surface area contributed by atoms with Crippen molar-refractivity contribution >= 4 is 23.4 Å². The van der Waals surface area contributed by atoms with Crippen molar-refractivity contribution in [1.29, 1.82) is 0 Å². The number of carbonyl (C=O) groups is 3. The molecule has 2 aliphatic heterocycles. The van der Waals surface area contributed by atoms with Gasteiger partial charge in [0.15, 0.2) is 0 Å². The number of carbonyl (C=O) groups excluding carboxylic acids is 3. The zero-order valence-corrected chi connectivity index (χ0v) is 15.5. The first-order valence-corrected chi connectivity index (χ1v) is 10.00. The van der Waals surface area contributed by atoms with Crippen molar-refractivity contribution in [3.8, 4) is 0 Å². The second-order valence-electron chi connectivity index (χ2n) is 8.53. The second kappa shape index (κ2) is 6.04. The molecule has 140 valence electrons. The topological polar surface area (TPSA) is 57.7 Å². The van der Waals surface area contributed by atoms with Gasteiger partial charge in [-0.15, -0.1) is 0 Å². The largest absolute Gasteiger partial charge is 0.339 e. The standard InChI is InChI=1S/C22H24N2O3/c1-13-8-10-23(11-9-13)20(25)14-4-6-17(7-5-14)24-21(26)18-15-2-3-16(12-15)19(18)22(24)27/h2-7,13,15-16,18-19H,8-12H2,1H3/t15-,16+,18-,19-/m0/s1. The lowest BCUT2D eigenvalue weighted by atomic mass is 9.85. The fourth-order valence-corrected chi connectivity index (χ4v) is 5.30. The molecule has 1 aromatic carbocycles. The molecular formula is C22H24N2O3. The van der Waals surface area contributed by atoms with E-state index in [2.05, 4.69) is 19.1 Å². The molecule has 5 rings (SSSR count). The van der Waals surface area contributed by atoms with Crippen molar-refractivity contribution < 1.29 is 14.4 Å². The number of nitrogens with zero attached hydrogens (tertiary/aromatic N) is 2. The summed E-state index contributed by atoms with van der Waals surface area (Å²) in [5.74, 6) is 0.595. The summed E-state index contributed by atoms with van der Waals surface area (Å²) in [6, 6.07) is 6.98. The van der Waals surface area contributed by atoms with E-state index >= 15 is 0 Å². The maximum absolute atomic E-state index is 12.9. The van der Waals surface area contributed by atoms with Crippen molar-refractivity contribution in [3.05, 3.63) is 42.0 Å². The summed E-state index contributed by atoms with van der Waals surface area (Å²) in [6.07, 6.45) is 7.21. The highest BCUT2D eigenvalue weighted by atomic mass is 16.2. The lowest BCUT2D eigenvalue weighted by molar-refractivity contribution is -0.123. The van der Waals surface area contributed by atoms with Crippen molar-refractivity contribution in [2.75, 3.05) is 18.0 Å². The van der Waals surface area contributed by atoms with Gasteiger partial charge >= 0.3 is 0 Å². The number of benzene rings is 1. The van der Waals surface area contributed by atoms with Crippen LogP contribution < -0.4 is 4.90 Å². The molecule has 3 fully saturated rings. The van der Waals surface area contributed by atoms with E-state index in [9.17, 15) is 14.4 Å². The maximum atomic E-state index is 12.9. The molecule has 3 amide bonds. The molecule has 0 radical (unpaired) electrons. The monoisotopic (exact) mass is 364 g/mol. The summed E-state index contributed by atoms with van der Waals surface area (Å²) < 4.78 is 0. The Kier molecular flexibility index (Phi) is 3.74. The van der Waals surface area contributed by atoms with Gasteiger partial charge in [0.05, 0.1) is 17.5 Å². The van der Waals surface area contributed by atoms with Crippen LogP contribution in [0.4, 0.5) is 5.69 Å². The van der Waals surface area contributed by atoms with Gasteiger partial charge in [-0.25, -0.2) is 0 Å². The van der Waals surface area contributed by atoms with Crippen LogP contribution >= 0.6 is 0 Å². The predicted octanol–water partition coefficient (Wildman–Crippen LogP) is 2.87. The molecule has 2 bridgehead atoms. The lowest BCUT2D eigenvalue weighted by Crippen LogP contribution is -2.38. The minimum absolute atomic E-state index is 0.0339. The summed E-state index contributed by atoms with van der Waals surface area (Å²) in [4.78, 5) is 41.7. The molecule has 2 heterocycles. The number of anilines is 1. The van der Waals surface area contributed by atoms with Crippen LogP contribution in [0.25, 0.3) is 0 Å². The Morgan fingerprint density at radius 2 is 1.48 bits per heavy atom. The SMILES string of the molecule is CC1CCN(C(=O)c2ccc(N3C(=O)[C@@H]4[C@@H](C3=O)[C@H]3C=C[C@@H]4C3)cc2)CC1. The number of fused-ring (bicyclic) bond motifs is 5. The highest BCUT2D eigenvalue weighted by Gasteiger charge is 2.59. The minimum Gasteiger partial charge on any atom is -0.339 e. The first-order valence-electron chi connectivity index (χ1n) is 10.00. The van der Waals surface area contributed by atoms with Crippen molar-refractivity contribution in [2.45, 2.75) is 26.2 Å². The molecule has 0 aromatic heterocycles. The third-order valence-corrected chi connectivity index (χ3v) is 6.91. The number of likely N-dealkylation sites (tertiary alicyclic amines) is 1. The maximum Gasteiger partial charge on any atom is 0.253 e. The smallest absolute Gasteiger partial charge is 0.253 e. The Labute approximate surface area is 159 Å². The van der Waals surface area contributed by atoms with E-state index < -0.39 is 0 Å². The Balaban J connectivity index is 1.34. The van der Waals surface area contributed by atoms with Gasteiger partial charge < -0.3 is 4.90 Å². The quantitative estimate of drug-likeness (QED) is 0.599. The van der Waals surface area contributed by atoms with Gasteiger partial charge in [-0.05, 0) is 61.3 Å². The Bertz CT molecular complexity index is 806. The fraction of sp³-hybridized carbons (Fsp3) is 0.500. The molecule has 0 N–H and O–H groups in total. The summed E-state index contributed by atoms with van der Waals surface area (Å²) in [7, 11) is 0.